The monoisotopic (exact) mass is 268 g/mol. The lowest BCUT2D eigenvalue weighted by Crippen LogP contribution is -2.58. The Morgan fingerprint density at radius 3 is 2.63 bits per heavy atom. The molecule has 2 saturated heterocycles. The van der Waals surface area contributed by atoms with Gasteiger partial charge in [-0.25, -0.2) is 4.79 Å². The van der Waals surface area contributed by atoms with Crippen LogP contribution in [0.2, 0.25) is 0 Å². The maximum atomic E-state index is 12.1. The molecular formula is C11H16N4O4. The van der Waals surface area contributed by atoms with Crippen molar-refractivity contribution in [3.63, 3.8) is 0 Å². The number of nitrogens with zero attached hydrogens (tertiary/aromatic N) is 2. The molecule has 2 aliphatic heterocycles. The highest BCUT2D eigenvalue weighted by molar-refractivity contribution is 6.04. The third kappa shape index (κ3) is 2.51. The fourth-order valence-electron chi connectivity index (χ4n) is 2.26. The van der Waals surface area contributed by atoms with Crippen molar-refractivity contribution in [1.29, 1.82) is 0 Å². The highest BCUT2D eigenvalue weighted by Gasteiger charge is 2.36. The zero-order valence-corrected chi connectivity index (χ0v) is 10.6. The minimum atomic E-state index is -0.562. The number of rotatable bonds is 3. The maximum absolute atomic E-state index is 12.1. The van der Waals surface area contributed by atoms with Crippen LogP contribution in [0.1, 0.15) is 13.3 Å². The quantitative estimate of drug-likeness (QED) is 0.594. The van der Waals surface area contributed by atoms with Crippen molar-refractivity contribution < 1.29 is 19.2 Å². The molecule has 2 N–H and O–H groups in total. The van der Waals surface area contributed by atoms with Crippen LogP contribution in [-0.2, 0) is 14.4 Å². The van der Waals surface area contributed by atoms with Gasteiger partial charge in [0.15, 0.2) is 0 Å². The van der Waals surface area contributed by atoms with E-state index < -0.39 is 18.0 Å². The Bertz CT molecular complexity index is 420. The predicted molar refractivity (Wildman–Crippen MR) is 63.9 cm³/mol. The minimum absolute atomic E-state index is 0.0796. The molecule has 0 aromatic carbocycles. The fraction of sp³-hybridized carbons (Fsp3) is 0.636. The standard InChI is InChI=1S/C11H16N4O4/c1-2-7-10(18)12-3-4-14(7)9(17)6-15-8(16)5-13-11(15)19/h7H,2-6H2,1H3,(H,12,18)(H,13,19). The Kier molecular flexibility index (Phi) is 3.68. The number of piperazine rings is 1. The minimum Gasteiger partial charge on any atom is -0.353 e. The average molecular weight is 268 g/mol. The molecule has 0 spiro atoms. The van der Waals surface area contributed by atoms with Crippen molar-refractivity contribution in [2.24, 2.45) is 0 Å². The van der Waals surface area contributed by atoms with Gasteiger partial charge in [-0.15, -0.1) is 0 Å². The first kappa shape index (κ1) is 13.3. The normalized spacial score (nSPS) is 23.4. The summed E-state index contributed by atoms with van der Waals surface area (Å²) in [6.45, 7) is 2.20. The van der Waals surface area contributed by atoms with Gasteiger partial charge in [0.05, 0.1) is 6.54 Å². The molecule has 1 unspecified atom stereocenters. The lowest BCUT2D eigenvalue weighted by Gasteiger charge is -2.35. The van der Waals surface area contributed by atoms with Gasteiger partial charge >= 0.3 is 6.03 Å². The number of carbonyl (C=O) groups is 4. The zero-order valence-electron chi connectivity index (χ0n) is 10.6. The smallest absolute Gasteiger partial charge is 0.325 e. The van der Waals surface area contributed by atoms with E-state index in [-0.39, 0.29) is 24.9 Å². The first-order valence-electron chi connectivity index (χ1n) is 6.20. The Hall–Kier alpha value is -2.12. The number of amides is 5. The third-order valence-corrected chi connectivity index (χ3v) is 3.27. The molecule has 2 aliphatic rings. The molecule has 2 heterocycles. The van der Waals surface area contributed by atoms with Crippen molar-refractivity contribution in [3.8, 4) is 0 Å². The van der Waals surface area contributed by atoms with Gasteiger partial charge in [0.25, 0.3) is 5.91 Å². The molecule has 0 bridgehead atoms. The highest BCUT2D eigenvalue weighted by Crippen LogP contribution is 2.10. The molecule has 0 radical (unpaired) electrons. The molecule has 1 atom stereocenters. The van der Waals surface area contributed by atoms with Gasteiger partial charge in [0, 0.05) is 13.1 Å². The van der Waals surface area contributed by atoms with E-state index in [9.17, 15) is 19.2 Å². The molecule has 0 saturated carbocycles. The van der Waals surface area contributed by atoms with Gasteiger partial charge in [-0.05, 0) is 6.42 Å². The summed E-state index contributed by atoms with van der Waals surface area (Å²) in [5.41, 5.74) is 0. The summed E-state index contributed by atoms with van der Waals surface area (Å²) < 4.78 is 0. The van der Waals surface area contributed by atoms with Crippen LogP contribution < -0.4 is 10.6 Å². The molecule has 2 rings (SSSR count). The number of nitrogens with one attached hydrogen (secondary N) is 2. The van der Waals surface area contributed by atoms with Crippen LogP contribution in [0.15, 0.2) is 0 Å². The Morgan fingerprint density at radius 2 is 2.05 bits per heavy atom. The van der Waals surface area contributed by atoms with Gasteiger partial charge in [-0.1, -0.05) is 6.92 Å². The second-order valence-corrected chi connectivity index (χ2v) is 4.44. The lowest BCUT2D eigenvalue weighted by molar-refractivity contribution is -0.145. The van der Waals surface area contributed by atoms with E-state index >= 15 is 0 Å². The number of hydrogen-bond donors (Lipinski definition) is 2. The van der Waals surface area contributed by atoms with Crippen LogP contribution in [0.4, 0.5) is 4.79 Å². The van der Waals surface area contributed by atoms with Crippen LogP contribution in [0.25, 0.3) is 0 Å². The molecule has 104 valence electrons. The molecule has 5 amide bonds. The first-order chi connectivity index (χ1) is 9.04. The van der Waals surface area contributed by atoms with Crippen molar-refractivity contribution in [2.75, 3.05) is 26.2 Å². The van der Waals surface area contributed by atoms with Gasteiger partial charge in [0.2, 0.25) is 11.8 Å². The number of hydrogen-bond acceptors (Lipinski definition) is 4. The van der Waals surface area contributed by atoms with E-state index in [0.717, 1.165) is 4.90 Å². The molecule has 8 heteroatoms. The largest absolute Gasteiger partial charge is 0.353 e. The van der Waals surface area contributed by atoms with Crippen LogP contribution in [-0.4, -0.2) is 65.8 Å². The van der Waals surface area contributed by atoms with Crippen LogP contribution in [0.3, 0.4) is 0 Å². The molecule has 0 aromatic heterocycles. The molecular weight excluding hydrogens is 252 g/mol. The Morgan fingerprint density at radius 1 is 1.32 bits per heavy atom. The Labute approximate surface area is 110 Å². The molecule has 19 heavy (non-hydrogen) atoms. The summed E-state index contributed by atoms with van der Waals surface area (Å²) in [7, 11) is 0. The summed E-state index contributed by atoms with van der Waals surface area (Å²) in [5, 5.41) is 5.04. The van der Waals surface area contributed by atoms with Gasteiger partial charge in [-0.2, -0.15) is 0 Å². The number of imide groups is 1. The second-order valence-electron chi connectivity index (χ2n) is 4.44. The highest BCUT2D eigenvalue weighted by atomic mass is 16.2. The van der Waals surface area contributed by atoms with Gasteiger partial charge in [0.1, 0.15) is 12.6 Å². The summed E-state index contributed by atoms with van der Waals surface area (Å²) in [6, 6.07) is -1.09. The van der Waals surface area contributed by atoms with Crippen LogP contribution in [0.5, 0.6) is 0 Å². The van der Waals surface area contributed by atoms with Crippen molar-refractivity contribution >= 4 is 23.8 Å². The van der Waals surface area contributed by atoms with Crippen molar-refractivity contribution in [1.82, 2.24) is 20.4 Å². The first-order valence-corrected chi connectivity index (χ1v) is 6.20. The van der Waals surface area contributed by atoms with Gasteiger partial charge in [-0.3, -0.25) is 19.3 Å². The van der Waals surface area contributed by atoms with E-state index in [1.165, 1.54) is 4.90 Å². The average Bonchev–Trinajstić information content (AvgIpc) is 2.70. The molecule has 0 aromatic rings. The molecule has 2 fully saturated rings. The van der Waals surface area contributed by atoms with E-state index in [0.29, 0.717) is 19.5 Å². The lowest BCUT2D eigenvalue weighted by atomic mass is 10.1. The Balaban J connectivity index is 2.04. The van der Waals surface area contributed by atoms with Crippen LogP contribution in [0, 0.1) is 0 Å². The summed E-state index contributed by atoms with van der Waals surface area (Å²) in [4.78, 5) is 48.9. The fourth-order valence-corrected chi connectivity index (χ4v) is 2.26. The number of carbonyl (C=O) groups excluding carboxylic acids is 4. The van der Waals surface area contributed by atoms with Crippen molar-refractivity contribution in [3.05, 3.63) is 0 Å². The summed E-state index contributed by atoms with van der Waals surface area (Å²) in [5.74, 6) is -1.00. The van der Waals surface area contributed by atoms with E-state index in [1.54, 1.807) is 0 Å². The summed E-state index contributed by atoms with van der Waals surface area (Å²) in [6.07, 6.45) is 0.498. The topological polar surface area (TPSA) is 98.8 Å². The second kappa shape index (κ2) is 5.25. The third-order valence-electron chi connectivity index (χ3n) is 3.27. The summed E-state index contributed by atoms with van der Waals surface area (Å²) >= 11 is 0. The SMILES string of the molecule is CCC1C(=O)NCCN1C(=O)CN1C(=O)CNC1=O. The maximum Gasteiger partial charge on any atom is 0.325 e. The predicted octanol–water partition coefficient (Wildman–Crippen LogP) is -1.72. The van der Waals surface area contributed by atoms with E-state index in [2.05, 4.69) is 10.6 Å². The van der Waals surface area contributed by atoms with Gasteiger partial charge < -0.3 is 15.5 Å². The van der Waals surface area contributed by atoms with Crippen LogP contribution >= 0.6 is 0 Å². The zero-order chi connectivity index (χ0) is 14.0. The van der Waals surface area contributed by atoms with Crippen molar-refractivity contribution in [2.45, 2.75) is 19.4 Å². The molecule has 0 aliphatic carbocycles. The molecule has 8 nitrogen and oxygen atoms in total. The van der Waals surface area contributed by atoms with E-state index in [1.807, 2.05) is 6.92 Å². The number of urea groups is 1. The van der Waals surface area contributed by atoms with E-state index in [4.69, 9.17) is 0 Å².